The SMILES string of the molecule is CN1CC[C@@H](n2c3c(cnc4ccc(C#N)cc43)nc2[C@H]2C[C@@H](F)C2)C1. The van der Waals surface area contributed by atoms with E-state index in [4.69, 9.17) is 4.98 Å². The van der Waals surface area contributed by atoms with E-state index in [1.54, 1.807) is 6.07 Å². The van der Waals surface area contributed by atoms with Gasteiger partial charge in [-0.1, -0.05) is 0 Å². The Balaban J connectivity index is 1.79. The summed E-state index contributed by atoms with van der Waals surface area (Å²) < 4.78 is 15.9. The number of likely N-dealkylation sites (N-methyl/N-ethyl adjacent to an activating group) is 1. The molecule has 6 heteroatoms. The number of pyridine rings is 1. The van der Waals surface area contributed by atoms with Gasteiger partial charge in [0.15, 0.2) is 0 Å². The summed E-state index contributed by atoms with van der Waals surface area (Å²) in [5.74, 6) is 1.17. The smallest absolute Gasteiger partial charge is 0.113 e. The van der Waals surface area contributed by atoms with E-state index in [2.05, 4.69) is 27.6 Å². The van der Waals surface area contributed by atoms with Gasteiger partial charge in [0.05, 0.1) is 28.9 Å². The first kappa shape index (κ1) is 15.7. The van der Waals surface area contributed by atoms with E-state index in [1.165, 1.54) is 0 Å². The summed E-state index contributed by atoms with van der Waals surface area (Å²) in [4.78, 5) is 11.7. The van der Waals surface area contributed by atoms with Crippen LogP contribution in [0.1, 0.15) is 42.6 Å². The molecule has 1 aromatic carbocycles. The highest BCUT2D eigenvalue weighted by Gasteiger charge is 2.36. The van der Waals surface area contributed by atoms with Gasteiger partial charge in [-0.15, -0.1) is 0 Å². The second-order valence-corrected chi connectivity index (χ2v) is 7.65. The molecule has 26 heavy (non-hydrogen) atoms. The van der Waals surface area contributed by atoms with Crippen molar-refractivity contribution in [2.75, 3.05) is 20.1 Å². The molecule has 1 saturated carbocycles. The molecule has 132 valence electrons. The van der Waals surface area contributed by atoms with Crippen LogP contribution in [-0.4, -0.2) is 45.7 Å². The van der Waals surface area contributed by atoms with Crippen molar-refractivity contribution in [3.63, 3.8) is 0 Å². The third-order valence-corrected chi connectivity index (χ3v) is 5.85. The van der Waals surface area contributed by atoms with Crippen LogP contribution in [0.25, 0.3) is 21.9 Å². The summed E-state index contributed by atoms with van der Waals surface area (Å²) in [6.45, 7) is 2.01. The number of nitrogens with zero attached hydrogens (tertiary/aromatic N) is 5. The van der Waals surface area contributed by atoms with Crippen molar-refractivity contribution < 1.29 is 4.39 Å². The first-order chi connectivity index (χ1) is 12.6. The number of fused-ring (bicyclic) bond motifs is 3. The summed E-state index contributed by atoms with van der Waals surface area (Å²) in [5, 5.41) is 10.3. The minimum atomic E-state index is -0.709. The van der Waals surface area contributed by atoms with E-state index in [-0.39, 0.29) is 5.92 Å². The molecule has 0 radical (unpaired) electrons. The van der Waals surface area contributed by atoms with Gasteiger partial charge in [-0.05, 0) is 51.1 Å². The van der Waals surface area contributed by atoms with Gasteiger partial charge in [0.1, 0.15) is 17.5 Å². The lowest BCUT2D eigenvalue weighted by molar-refractivity contribution is 0.170. The number of alkyl halides is 1. The number of aromatic nitrogens is 3. The van der Waals surface area contributed by atoms with Crippen LogP contribution in [-0.2, 0) is 0 Å². The fourth-order valence-electron chi connectivity index (χ4n) is 4.40. The minimum Gasteiger partial charge on any atom is -0.323 e. The normalized spacial score (nSPS) is 26.3. The highest BCUT2D eigenvalue weighted by molar-refractivity contribution is 6.03. The maximum absolute atomic E-state index is 13.5. The van der Waals surface area contributed by atoms with Crippen LogP contribution in [0.2, 0.25) is 0 Å². The van der Waals surface area contributed by atoms with Crippen molar-refractivity contribution in [3.05, 3.63) is 35.8 Å². The Morgan fingerprint density at radius 1 is 1.27 bits per heavy atom. The molecular weight excluding hydrogens is 329 g/mol. The second kappa shape index (κ2) is 5.75. The second-order valence-electron chi connectivity index (χ2n) is 7.65. The van der Waals surface area contributed by atoms with Crippen molar-refractivity contribution in [1.29, 1.82) is 5.26 Å². The third kappa shape index (κ3) is 2.31. The first-order valence-electron chi connectivity index (χ1n) is 9.17. The molecule has 0 spiro atoms. The predicted octanol–water partition coefficient (Wildman–Crippen LogP) is 3.55. The van der Waals surface area contributed by atoms with Gasteiger partial charge in [-0.3, -0.25) is 4.98 Å². The summed E-state index contributed by atoms with van der Waals surface area (Å²) in [5.41, 5.74) is 3.38. The lowest BCUT2D eigenvalue weighted by atomic mass is 9.82. The molecule has 1 saturated heterocycles. The van der Waals surface area contributed by atoms with Gasteiger partial charge < -0.3 is 9.47 Å². The molecule has 0 unspecified atom stereocenters. The molecule has 2 aliphatic rings. The van der Waals surface area contributed by atoms with Crippen molar-refractivity contribution in [3.8, 4) is 6.07 Å². The van der Waals surface area contributed by atoms with E-state index in [0.29, 0.717) is 24.4 Å². The fourth-order valence-corrected chi connectivity index (χ4v) is 4.40. The third-order valence-electron chi connectivity index (χ3n) is 5.85. The topological polar surface area (TPSA) is 57.7 Å². The Morgan fingerprint density at radius 2 is 2.12 bits per heavy atom. The summed E-state index contributed by atoms with van der Waals surface area (Å²) >= 11 is 0. The van der Waals surface area contributed by atoms with Crippen LogP contribution in [0.15, 0.2) is 24.4 Å². The van der Waals surface area contributed by atoms with E-state index in [9.17, 15) is 9.65 Å². The van der Waals surface area contributed by atoms with Gasteiger partial charge >= 0.3 is 0 Å². The highest BCUT2D eigenvalue weighted by Crippen LogP contribution is 2.42. The van der Waals surface area contributed by atoms with Crippen molar-refractivity contribution >= 4 is 21.9 Å². The largest absolute Gasteiger partial charge is 0.323 e. The lowest BCUT2D eigenvalue weighted by Crippen LogP contribution is -2.27. The average Bonchev–Trinajstić information content (AvgIpc) is 3.21. The minimum absolute atomic E-state index is 0.178. The van der Waals surface area contributed by atoms with Crippen molar-refractivity contribution in [2.45, 2.75) is 37.4 Å². The monoisotopic (exact) mass is 349 g/mol. The van der Waals surface area contributed by atoms with E-state index >= 15 is 0 Å². The maximum atomic E-state index is 13.5. The zero-order chi connectivity index (χ0) is 17.8. The quantitative estimate of drug-likeness (QED) is 0.710. The number of benzene rings is 1. The molecule has 3 heterocycles. The van der Waals surface area contributed by atoms with E-state index in [0.717, 1.165) is 47.3 Å². The number of halogens is 1. The van der Waals surface area contributed by atoms with Crippen molar-refractivity contribution in [2.24, 2.45) is 0 Å². The van der Waals surface area contributed by atoms with Crippen LogP contribution < -0.4 is 0 Å². The Hall–Kier alpha value is -2.52. The van der Waals surface area contributed by atoms with Gasteiger partial charge in [0, 0.05) is 23.9 Å². The predicted molar refractivity (Wildman–Crippen MR) is 97.8 cm³/mol. The van der Waals surface area contributed by atoms with Gasteiger partial charge in [0.2, 0.25) is 0 Å². The van der Waals surface area contributed by atoms with Crippen LogP contribution in [0, 0.1) is 11.3 Å². The van der Waals surface area contributed by atoms with Crippen LogP contribution in [0.4, 0.5) is 4.39 Å². The Labute approximate surface area is 151 Å². The molecule has 0 N–H and O–H groups in total. The lowest BCUT2D eigenvalue weighted by Gasteiger charge is -2.31. The summed E-state index contributed by atoms with van der Waals surface area (Å²) in [7, 11) is 2.13. The summed E-state index contributed by atoms with van der Waals surface area (Å²) in [6, 6.07) is 8.15. The molecule has 2 fully saturated rings. The maximum Gasteiger partial charge on any atom is 0.113 e. The van der Waals surface area contributed by atoms with Gasteiger partial charge in [0.25, 0.3) is 0 Å². The van der Waals surface area contributed by atoms with Gasteiger partial charge in [-0.25, -0.2) is 9.37 Å². The molecule has 1 aliphatic carbocycles. The Kier molecular flexibility index (Phi) is 3.47. The molecule has 5 rings (SSSR count). The highest BCUT2D eigenvalue weighted by atomic mass is 19.1. The average molecular weight is 349 g/mol. The zero-order valence-electron chi connectivity index (χ0n) is 14.7. The molecular formula is C20H20FN5. The van der Waals surface area contributed by atoms with Crippen LogP contribution in [0.5, 0.6) is 0 Å². The van der Waals surface area contributed by atoms with E-state index in [1.807, 2.05) is 18.3 Å². The van der Waals surface area contributed by atoms with E-state index < -0.39 is 6.17 Å². The van der Waals surface area contributed by atoms with Crippen molar-refractivity contribution in [1.82, 2.24) is 19.4 Å². The first-order valence-corrected chi connectivity index (χ1v) is 9.17. The molecule has 1 atom stereocenters. The number of hydrogen-bond donors (Lipinski definition) is 0. The fraction of sp³-hybridized carbons (Fsp3) is 0.450. The molecule has 0 amide bonds. The molecule has 0 bridgehead atoms. The van der Waals surface area contributed by atoms with Gasteiger partial charge in [-0.2, -0.15) is 5.26 Å². The summed E-state index contributed by atoms with van der Waals surface area (Å²) in [6.07, 6.45) is 3.28. The molecule has 5 nitrogen and oxygen atoms in total. The molecule has 1 aliphatic heterocycles. The number of rotatable bonds is 2. The number of nitriles is 1. The van der Waals surface area contributed by atoms with Crippen LogP contribution >= 0.6 is 0 Å². The molecule has 3 aromatic rings. The Morgan fingerprint density at radius 3 is 2.81 bits per heavy atom. The molecule has 2 aromatic heterocycles. The number of hydrogen-bond acceptors (Lipinski definition) is 4. The standard InChI is InChI=1S/C20H20FN5/c1-25-5-4-15(11-25)26-19-16-6-12(9-22)2-3-17(16)23-10-18(19)24-20(26)13-7-14(21)8-13/h2-3,6,10,13-15H,4-5,7-8,11H2,1H3/t13-,14+,15-/m1/s1. The number of imidazole rings is 1. The van der Waals surface area contributed by atoms with Crippen LogP contribution in [0.3, 0.4) is 0 Å². The zero-order valence-corrected chi connectivity index (χ0v) is 14.7. The Bertz CT molecular complexity index is 1040. The number of likely N-dealkylation sites (tertiary alicyclic amines) is 1.